The number of methoxy groups -OCH3 is 1. The number of nitrogens with zero attached hydrogens (tertiary/aromatic N) is 4. The van der Waals surface area contributed by atoms with Gasteiger partial charge in [0.1, 0.15) is 23.2 Å². The van der Waals surface area contributed by atoms with Gasteiger partial charge in [-0.05, 0) is 48.0 Å². The second kappa shape index (κ2) is 11.0. The first-order chi connectivity index (χ1) is 17.4. The molecule has 11 heteroatoms. The van der Waals surface area contributed by atoms with E-state index in [0.29, 0.717) is 22.3 Å². The van der Waals surface area contributed by atoms with Crippen molar-refractivity contribution in [1.29, 1.82) is 5.26 Å². The second-order valence-corrected chi connectivity index (χ2v) is 7.79. The van der Waals surface area contributed by atoms with E-state index in [0.717, 1.165) is 5.56 Å². The quantitative estimate of drug-likeness (QED) is 0.364. The van der Waals surface area contributed by atoms with Crippen molar-refractivity contribution in [2.24, 2.45) is 0 Å². The van der Waals surface area contributed by atoms with Gasteiger partial charge in [0.15, 0.2) is 0 Å². The minimum absolute atomic E-state index is 0.0304. The number of pyridine rings is 1. The van der Waals surface area contributed by atoms with Gasteiger partial charge in [0.2, 0.25) is 11.8 Å². The number of anilines is 3. The molecule has 0 aliphatic carbocycles. The lowest BCUT2D eigenvalue weighted by Crippen LogP contribution is -2.28. The van der Waals surface area contributed by atoms with E-state index in [9.17, 15) is 9.59 Å². The van der Waals surface area contributed by atoms with E-state index in [2.05, 4.69) is 25.3 Å². The molecule has 0 fully saturated rings. The van der Waals surface area contributed by atoms with Crippen LogP contribution in [0.2, 0.25) is 5.02 Å². The summed E-state index contributed by atoms with van der Waals surface area (Å²) in [6, 6.07) is 20.8. The van der Waals surface area contributed by atoms with Crippen molar-refractivity contribution in [2.45, 2.75) is 6.54 Å². The molecule has 1 amide bonds. The topological polar surface area (TPSA) is 131 Å². The third-order valence-electron chi connectivity index (χ3n) is 4.89. The van der Waals surface area contributed by atoms with E-state index >= 15 is 0 Å². The normalized spacial score (nSPS) is 10.2. The highest BCUT2D eigenvalue weighted by atomic mass is 35.5. The van der Waals surface area contributed by atoms with Crippen LogP contribution in [0.25, 0.3) is 0 Å². The van der Waals surface area contributed by atoms with E-state index in [4.69, 9.17) is 21.6 Å². The lowest BCUT2D eigenvalue weighted by Gasteiger charge is -2.15. The van der Waals surface area contributed by atoms with Crippen LogP contribution < -0.4 is 20.9 Å². The smallest absolute Gasteiger partial charge is 0.411 e. The lowest BCUT2D eigenvalue weighted by molar-refractivity contribution is 0.187. The van der Waals surface area contributed by atoms with Crippen LogP contribution in [0.3, 0.4) is 0 Å². The van der Waals surface area contributed by atoms with Crippen LogP contribution in [-0.2, 0) is 11.3 Å². The Kier molecular flexibility index (Phi) is 7.43. The Balaban J connectivity index is 1.59. The number of aromatic nitrogens is 3. The molecule has 0 saturated heterocycles. The van der Waals surface area contributed by atoms with E-state index in [1.165, 1.54) is 17.9 Å². The number of ether oxygens (including phenoxy) is 2. The third-order valence-corrected chi connectivity index (χ3v) is 5.15. The van der Waals surface area contributed by atoms with Gasteiger partial charge < -0.3 is 14.8 Å². The maximum atomic E-state index is 13.1. The van der Waals surface area contributed by atoms with Gasteiger partial charge >= 0.3 is 6.09 Å². The molecule has 2 aromatic carbocycles. The molecule has 0 aliphatic heterocycles. The van der Waals surface area contributed by atoms with Crippen molar-refractivity contribution in [3.63, 3.8) is 0 Å². The van der Waals surface area contributed by atoms with Gasteiger partial charge in [0.25, 0.3) is 5.56 Å². The predicted molar refractivity (Wildman–Crippen MR) is 134 cm³/mol. The fourth-order valence-electron chi connectivity index (χ4n) is 3.15. The van der Waals surface area contributed by atoms with Crippen LogP contribution in [0.4, 0.5) is 22.1 Å². The summed E-state index contributed by atoms with van der Waals surface area (Å²) in [7, 11) is 1.20. The standard InChI is InChI=1S/C25H19ClN6O4/c1-35-25(34)31-21-14-28-24(32(23(21)33)15-16-5-7-17(26)8-6-16)30-18-9-11-20(12-10-18)36-22-4-2-3-19(13-27)29-22/h2-12,14H,15H2,1H3,(H,28,30)(H,31,34). The second-order valence-electron chi connectivity index (χ2n) is 7.35. The first kappa shape index (κ1) is 24.3. The van der Waals surface area contributed by atoms with E-state index in [1.807, 2.05) is 6.07 Å². The summed E-state index contributed by atoms with van der Waals surface area (Å²) < 4.78 is 11.7. The maximum Gasteiger partial charge on any atom is 0.411 e. The molecule has 36 heavy (non-hydrogen) atoms. The number of nitrogens with one attached hydrogen (secondary N) is 2. The highest BCUT2D eigenvalue weighted by Gasteiger charge is 2.14. The monoisotopic (exact) mass is 502 g/mol. The fraction of sp³-hybridized carbons (Fsp3) is 0.0800. The summed E-state index contributed by atoms with van der Waals surface area (Å²) in [6.07, 6.45) is 0.476. The first-order valence-electron chi connectivity index (χ1n) is 10.6. The predicted octanol–water partition coefficient (Wildman–Crippen LogP) is 4.93. The molecule has 10 nitrogen and oxygen atoms in total. The van der Waals surface area contributed by atoms with Crippen LogP contribution in [0, 0.1) is 11.3 Å². The zero-order chi connectivity index (χ0) is 25.5. The molecule has 0 aliphatic rings. The highest BCUT2D eigenvalue weighted by molar-refractivity contribution is 6.30. The lowest BCUT2D eigenvalue weighted by atomic mass is 10.2. The molecule has 2 N–H and O–H groups in total. The SMILES string of the molecule is COC(=O)Nc1cnc(Nc2ccc(Oc3cccc(C#N)n3)cc2)n(Cc2ccc(Cl)cc2)c1=O. The number of amides is 1. The summed E-state index contributed by atoms with van der Waals surface area (Å²) in [4.78, 5) is 33.2. The summed E-state index contributed by atoms with van der Waals surface area (Å²) in [6.45, 7) is 0.171. The maximum absolute atomic E-state index is 13.1. The molecule has 0 radical (unpaired) electrons. The number of benzene rings is 2. The first-order valence-corrected chi connectivity index (χ1v) is 10.9. The molecule has 180 valence electrons. The number of nitriles is 1. The van der Waals surface area contributed by atoms with E-state index < -0.39 is 11.7 Å². The van der Waals surface area contributed by atoms with Crippen LogP contribution >= 0.6 is 11.6 Å². The Morgan fingerprint density at radius 1 is 1.11 bits per heavy atom. The largest absolute Gasteiger partial charge is 0.453 e. The number of halogens is 1. The van der Waals surface area contributed by atoms with Gasteiger partial charge in [-0.25, -0.2) is 14.8 Å². The Hall–Kier alpha value is -4.88. The Morgan fingerprint density at radius 2 is 1.86 bits per heavy atom. The van der Waals surface area contributed by atoms with Crippen molar-refractivity contribution in [3.05, 3.63) is 99.6 Å². The van der Waals surface area contributed by atoms with Crippen molar-refractivity contribution in [1.82, 2.24) is 14.5 Å². The molecule has 0 unspecified atom stereocenters. The minimum atomic E-state index is -0.780. The van der Waals surface area contributed by atoms with Gasteiger partial charge in [-0.3, -0.25) is 14.7 Å². The average molecular weight is 503 g/mol. The molecule has 2 heterocycles. The van der Waals surface area contributed by atoms with Crippen molar-refractivity contribution in [3.8, 4) is 17.7 Å². The van der Waals surface area contributed by atoms with E-state index in [-0.39, 0.29) is 23.9 Å². The minimum Gasteiger partial charge on any atom is -0.453 e. The zero-order valence-corrected chi connectivity index (χ0v) is 19.7. The molecular formula is C25H19ClN6O4. The van der Waals surface area contributed by atoms with Crippen LogP contribution in [-0.4, -0.2) is 27.7 Å². The van der Waals surface area contributed by atoms with Crippen LogP contribution in [0.1, 0.15) is 11.3 Å². The third kappa shape index (κ3) is 5.97. The molecule has 0 atom stereocenters. The number of rotatable bonds is 7. The van der Waals surface area contributed by atoms with Gasteiger partial charge in [-0.15, -0.1) is 0 Å². The highest BCUT2D eigenvalue weighted by Crippen LogP contribution is 2.23. The van der Waals surface area contributed by atoms with Crippen LogP contribution in [0.5, 0.6) is 11.6 Å². The van der Waals surface area contributed by atoms with E-state index in [1.54, 1.807) is 66.7 Å². The number of hydrogen-bond donors (Lipinski definition) is 2. The summed E-state index contributed by atoms with van der Waals surface area (Å²) in [5, 5.41) is 15.0. The van der Waals surface area contributed by atoms with Crippen molar-refractivity contribution < 1.29 is 14.3 Å². The van der Waals surface area contributed by atoms with Gasteiger partial charge in [-0.1, -0.05) is 29.8 Å². The molecular weight excluding hydrogens is 484 g/mol. The summed E-state index contributed by atoms with van der Waals surface area (Å²) in [5.74, 6) is 1.05. The molecule has 0 bridgehead atoms. The number of hydrogen-bond acceptors (Lipinski definition) is 8. The molecule has 4 aromatic rings. The Labute approximate surface area is 210 Å². The molecule has 4 rings (SSSR count). The fourth-order valence-corrected chi connectivity index (χ4v) is 3.27. The van der Waals surface area contributed by atoms with Crippen molar-refractivity contribution >= 4 is 35.0 Å². The van der Waals surface area contributed by atoms with Crippen LogP contribution in [0.15, 0.2) is 77.7 Å². The van der Waals surface area contributed by atoms with Crippen molar-refractivity contribution in [2.75, 3.05) is 17.7 Å². The molecule has 2 aromatic heterocycles. The van der Waals surface area contributed by atoms with Gasteiger partial charge in [0, 0.05) is 16.8 Å². The summed E-state index contributed by atoms with van der Waals surface area (Å²) in [5.41, 5.74) is 1.18. The molecule has 0 saturated carbocycles. The molecule has 0 spiro atoms. The Morgan fingerprint density at radius 3 is 2.56 bits per heavy atom. The average Bonchev–Trinajstić information content (AvgIpc) is 2.90. The number of carbonyl (C=O) groups is 1. The number of carbonyl (C=O) groups excluding carboxylic acids is 1. The van der Waals surface area contributed by atoms with Gasteiger partial charge in [0.05, 0.1) is 19.9 Å². The summed E-state index contributed by atoms with van der Waals surface area (Å²) >= 11 is 5.98. The zero-order valence-electron chi connectivity index (χ0n) is 18.9. The Bertz CT molecular complexity index is 1480. The van der Waals surface area contributed by atoms with Gasteiger partial charge in [-0.2, -0.15) is 5.26 Å².